The zero-order chi connectivity index (χ0) is 17.4. The first kappa shape index (κ1) is 15.8. The van der Waals surface area contributed by atoms with Crippen molar-refractivity contribution in [2.75, 3.05) is 6.54 Å². The molecular formula is C16H15F3N6. The Hall–Kier alpha value is -2.68. The van der Waals surface area contributed by atoms with Gasteiger partial charge >= 0.3 is 6.18 Å². The maximum Gasteiger partial charge on any atom is 0.435 e. The molecule has 0 amide bonds. The molecule has 1 aliphatic heterocycles. The van der Waals surface area contributed by atoms with Crippen molar-refractivity contribution >= 4 is 0 Å². The summed E-state index contributed by atoms with van der Waals surface area (Å²) in [6.07, 6.45) is -2.73. The van der Waals surface area contributed by atoms with E-state index in [0.717, 1.165) is 17.4 Å². The zero-order valence-corrected chi connectivity index (χ0v) is 13.2. The molecule has 25 heavy (non-hydrogen) atoms. The van der Waals surface area contributed by atoms with Crippen LogP contribution in [0.1, 0.15) is 17.1 Å². The van der Waals surface area contributed by atoms with E-state index in [1.54, 1.807) is 11.0 Å². The first-order valence-electron chi connectivity index (χ1n) is 7.82. The highest BCUT2D eigenvalue weighted by Crippen LogP contribution is 2.29. The van der Waals surface area contributed by atoms with Crippen molar-refractivity contribution in [2.45, 2.75) is 25.8 Å². The Kier molecular flexibility index (Phi) is 3.79. The van der Waals surface area contributed by atoms with Gasteiger partial charge in [-0.1, -0.05) is 18.2 Å². The summed E-state index contributed by atoms with van der Waals surface area (Å²) in [7, 11) is 0. The third-order valence-electron chi connectivity index (χ3n) is 4.08. The van der Waals surface area contributed by atoms with Crippen LogP contribution in [0.5, 0.6) is 0 Å². The number of hydrogen-bond donors (Lipinski definition) is 0. The van der Waals surface area contributed by atoms with E-state index in [9.17, 15) is 13.2 Å². The van der Waals surface area contributed by atoms with Gasteiger partial charge in [-0.2, -0.15) is 33.3 Å². The van der Waals surface area contributed by atoms with Crippen LogP contribution in [0.15, 0.2) is 42.6 Å². The van der Waals surface area contributed by atoms with Crippen LogP contribution in [0.4, 0.5) is 13.2 Å². The number of halogens is 3. The van der Waals surface area contributed by atoms with Crippen molar-refractivity contribution in [1.82, 2.24) is 29.7 Å². The molecule has 3 heterocycles. The van der Waals surface area contributed by atoms with Crippen molar-refractivity contribution in [2.24, 2.45) is 0 Å². The molecule has 0 bridgehead atoms. The van der Waals surface area contributed by atoms with Gasteiger partial charge in [-0.25, -0.2) is 0 Å². The molecule has 0 saturated carbocycles. The Morgan fingerprint density at radius 3 is 2.60 bits per heavy atom. The molecule has 130 valence electrons. The fourth-order valence-corrected chi connectivity index (χ4v) is 2.88. The van der Waals surface area contributed by atoms with Gasteiger partial charge < -0.3 is 0 Å². The Balaban J connectivity index is 1.46. The van der Waals surface area contributed by atoms with Gasteiger partial charge in [-0.15, -0.1) is 0 Å². The topological polar surface area (TPSA) is 51.8 Å². The summed E-state index contributed by atoms with van der Waals surface area (Å²) in [4.78, 5) is 3.59. The first-order valence-corrected chi connectivity index (χ1v) is 7.82. The molecule has 2 aromatic heterocycles. The molecule has 1 aliphatic rings. The molecule has 0 saturated heterocycles. The van der Waals surface area contributed by atoms with Crippen LogP contribution in [0.3, 0.4) is 0 Å². The lowest BCUT2D eigenvalue weighted by Crippen LogP contribution is -2.33. The van der Waals surface area contributed by atoms with Gasteiger partial charge in [0, 0.05) is 19.6 Å². The van der Waals surface area contributed by atoms with Crippen LogP contribution < -0.4 is 0 Å². The summed E-state index contributed by atoms with van der Waals surface area (Å²) >= 11 is 0. The van der Waals surface area contributed by atoms with E-state index in [1.807, 2.05) is 35.2 Å². The minimum atomic E-state index is -4.41. The smallest absolute Gasteiger partial charge is 0.290 e. The summed E-state index contributed by atoms with van der Waals surface area (Å²) in [5.74, 6) is 0. The number of aromatic nitrogens is 5. The normalized spacial score (nSPS) is 15.3. The molecule has 9 heteroatoms. The van der Waals surface area contributed by atoms with E-state index >= 15 is 0 Å². The largest absolute Gasteiger partial charge is 0.435 e. The number of fused-ring (bicyclic) bond motifs is 1. The Bertz CT molecular complexity index is 868. The van der Waals surface area contributed by atoms with Gasteiger partial charge in [-0.3, -0.25) is 9.58 Å². The molecule has 0 unspecified atom stereocenters. The molecule has 0 radical (unpaired) electrons. The molecule has 3 aromatic rings. The second-order valence-electron chi connectivity index (χ2n) is 5.91. The summed E-state index contributed by atoms with van der Waals surface area (Å²) in [5, 5.41) is 12.3. The van der Waals surface area contributed by atoms with Gasteiger partial charge in [0.25, 0.3) is 0 Å². The summed E-state index contributed by atoms with van der Waals surface area (Å²) in [6.45, 7) is 1.98. The van der Waals surface area contributed by atoms with E-state index in [4.69, 9.17) is 0 Å². The quantitative estimate of drug-likeness (QED) is 0.730. The average Bonchev–Trinajstić information content (AvgIpc) is 3.22. The molecule has 1 aromatic carbocycles. The lowest BCUT2D eigenvalue weighted by atomic mass is 10.2. The van der Waals surface area contributed by atoms with Gasteiger partial charge in [0.2, 0.25) is 0 Å². The second-order valence-corrected chi connectivity index (χ2v) is 5.91. The molecule has 4 rings (SSSR count). The fourth-order valence-electron chi connectivity index (χ4n) is 2.88. The highest BCUT2D eigenvalue weighted by molar-refractivity contribution is 5.28. The van der Waals surface area contributed by atoms with Crippen LogP contribution in [0, 0.1) is 0 Å². The first-order chi connectivity index (χ1) is 12.0. The number of alkyl halides is 3. The van der Waals surface area contributed by atoms with E-state index in [2.05, 4.69) is 15.3 Å². The van der Waals surface area contributed by atoms with Crippen molar-refractivity contribution in [1.29, 1.82) is 0 Å². The summed E-state index contributed by atoms with van der Waals surface area (Å²) < 4.78 is 39.7. The van der Waals surface area contributed by atoms with Crippen LogP contribution in [0.25, 0.3) is 5.69 Å². The number of para-hydroxylation sites is 1. The molecule has 0 fully saturated rings. The van der Waals surface area contributed by atoms with Crippen LogP contribution >= 0.6 is 0 Å². The third-order valence-corrected chi connectivity index (χ3v) is 4.08. The average molecular weight is 348 g/mol. The molecule has 6 nitrogen and oxygen atoms in total. The minimum absolute atomic E-state index is 0.404. The Labute approximate surface area is 141 Å². The SMILES string of the molecule is FC(F)(F)c1cc2n(n1)CCN(Cc1cnn(-c3ccccc3)n1)C2. The van der Waals surface area contributed by atoms with Crippen LogP contribution in [-0.4, -0.2) is 36.2 Å². The monoisotopic (exact) mass is 348 g/mol. The van der Waals surface area contributed by atoms with E-state index in [-0.39, 0.29) is 0 Å². The standard InChI is InChI=1S/C16H15F3N6/c17-16(18,19)15-8-14-11-23(6-7-24(14)22-15)10-12-9-20-25(21-12)13-4-2-1-3-5-13/h1-5,8-9H,6-7,10-11H2. The van der Waals surface area contributed by atoms with E-state index in [1.165, 1.54) is 4.68 Å². The zero-order valence-electron chi connectivity index (χ0n) is 13.2. The molecule has 0 aliphatic carbocycles. The van der Waals surface area contributed by atoms with Crippen LogP contribution in [0.2, 0.25) is 0 Å². The highest BCUT2D eigenvalue weighted by Gasteiger charge is 2.35. The van der Waals surface area contributed by atoms with Gasteiger partial charge in [0.15, 0.2) is 5.69 Å². The maximum atomic E-state index is 12.8. The van der Waals surface area contributed by atoms with E-state index < -0.39 is 11.9 Å². The maximum absolute atomic E-state index is 12.8. The van der Waals surface area contributed by atoms with E-state index in [0.29, 0.717) is 31.9 Å². The van der Waals surface area contributed by atoms with Crippen LogP contribution in [-0.2, 0) is 25.8 Å². The number of hydrogen-bond acceptors (Lipinski definition) is 4. The van der Waals surface area contributed by atoms with Crippen molar-refractivity contribution < 1.29 is 13.2 Å². The molecular weight excluding hydrogens is 333 g/mol. The summed E-state index contributed by atoms with van der Waals surface area (Å²) in [6, 6.07) is 10.7. The van der Waals surface area contributed by atoms with Gasteiger partial charge in [0.05, 0.1) is 29.8 Å². The van der Waals surface area contributed by atoms with Crippen molar-refractivity contribution in [3.8, 4) is 5.69 Å². The lowest BCUT2D eigenvalue weighted by molar-refractivity contribution is -0.141. The van der Waals surface area contributed by atoms with Gasteiger partial charge in [0.1, 0.15) is 0 Å². The highest BCUT2D eigenvalue weighted by atomic mass is 19.4. The minimum Gasteiger partial charge on any atom is -0.290 e. The Morgan fingerprint density at radius 2 is 1.84 bits per heavy atom. The lowest BCUT2D eigenvalue weighted by Gasteiger charge is -2.26. The molecule has 0 N–H and O–H groups in total. The third kappa shape index (κ3) is 3.27. The fraction of sp³-hybridized carbons (Fsp3) is 0.312. The molecule has 0 spiro atoms. The van der Waals surface area contributed by atoms with Gasteiger partial charge in [-0.05, 0) is 18.2 Å². The van der Waals surface area contributed by atoms with Crippen molar-refractivity contribution in [3.63, 3.8) is 0 Å². The number of rotatable bonds is 3. The second kappa shape index (κ2) is 5.99. The Morgan fingerprint density at radius 1 is 1.04 bits per heavy atom. The summed E-state index contributed by atoms with van der Waals surface area (Å²) in [5.41, 5.74) is 1.36. The molecule has 0 atom stereocenters. The van der Waals surface area contributed by atoms with Crippen molar-refractivity contribution in [3.05, 3.63) is 59.7 Å². The predicted octanol–water partition coefficient (Wildman–Crippen LogP) is 2.50. The number of benzene rings is 1. The number of nitrogens with zero attached hydrogens (tertiary/aromatic N) is 6. The predicted molar refractivity (Wildman–Crippen MR) is 82.7 cm³/mol.